The predicted octanol–water partition coefficient (Wildman–Crippen LogP) is 2.52. The summed E-state index contributed by atoms with van der Waals surface area (Å²) < 4.78 is 0. The van der Waals surface area contributed by atoms with Crippen LogP contribution < -0.4 is 5.32 Å². The third-order valence-electron chi connectivity index (χ3n) is 5.00. The number of fused-ring (bicyclic) bond motifs is 1. The summed E-state index contributed by atoms with van der Waals surface area (Å²) in [5.74, 6) is 1.47. The molecule has 1 amide bonds. The van der Waals surface area contributed by atoms with E-state index >= 15 is 0 Å². The number of benzene rings is 1. The van der Waals surface area contributed by atoms with Gasteiger partial charge in [0.05, 0.1) is 17.6 Å². The zero-order valence-corrected chi connectivity index (χ0v) is 14.9. The minimum Gasteiger partial charge on any atom is -0.352 e. The molecule has 6 heteroatoms. The molecule has 1 saturated heterocycles. The van der Waals surface area contributed by atoms with E-state index in [1.165, 1.54) is 0 Å². The Hall–Kier alpha value is -2.73. The summed E-state index contributed by atoms with van der Waals surface area (Å²) in [5.41, 5.74) is 3.71. The van der Waals surface area contributed by atoms with Gasteiger partial charge >= 0.3 is 0 Å². The van der Waals surface area contributed by atoms with Crippen molar-refractivity contribution in [2.45, 2.75) is 19.9 Å². The second-order valence-corrected chi connectivity index (χ2v) is 6.99. The van der Waals surface area contributed by atoms with Gasteiger partial charge in [-0.15, -0.1) is 0 Å². The normalized spacial score (nSPS) is 17.7. The van der Waals surface area contributed by atoms with E-state index < -0.39 is 0 Å². The van der Waals surface area contributed by atoms with Crippen LogP contribution in [0.25, 0.3) is 11.0 Å². The number of hydrogen-bond acceptors (Lipinski definition) is 4. The van der Waals surface area contributed by atoms with Crippen LogP contribution in [-0.2, 0) is 6.54 Å². The lowest BCUT2D eigenvalue weighted by Crippen LogP contribution is -2.31. The fourth-order valence-electron chi connectivity index (χ4n) is 3.58. The number of carbonyl (C=O) groups is 1. The van der Waals surface area contributed by atoms with Gasteiger partial charge in [0.2, 0.25) is 0 Å². The van der Waals surface area contributed by atoms with Crippen LogP contribution in [0.4, 0.5) is 0 Å². The number of hydrogen-bond donors (Lipinski definition) is 2. The average molecular weight is 349 g/mol. The number of nitrogens with one attached hydrogen (secondary N) is 2. The van der Waals surface area contributed by atoms with Crippen LogP contribution >= 0.6 is 0 Å². The largest absolute Gasteiger partial charge is 0.352 e. The fourth-order valence-corrected chi connectivity index (χ4v) is 3.58. The number of aromatic nitrogens is 3. The summed E-state index contributed by atoms with van der Waals surface area (Å²) in [6.45, 7) is 5.45. The summed E-state index contributed by atoms with van der Waals surface area (Å²) in [5, 5.41) is 3.07. The minimum absolute atomic E-state index is 0.0133. The lowest BCUT2D eigenvalue weighted by molar-refractivity contribution is 0.0946. The van der Waals surface area contributed by atoms with Crippen LogP contribution in [-0.4, -0.2) is 45.4 Å². The summed E-state index contributed by atoms with van der Waals surface area (Å²) >= 11 is 0. The Bertz CT molecular complexity index is 886. The van der Waals surface area contributed by atoms with E-state index in [9.17, 15) is 4.79 Å². The first kappa shape index (κ1) is 16.7. The van der Waals surface area contributed by atoms with Gasteiger partial charge in [-0.1, -0.05) is 12.1 Å². The fraction of sp³-hybridized carbons (Fsp3) is 0.350. The first-order valence-corrected chi connectivity index (χ1v) is 9.04. The van der Waals surface area contributed by atoms with Gasteiger partial charge in [-0.05, 0) is 49.6 Å². The van der Waals surface area contributed by atoms with E-state index in [-0.39, 0.29) is 5.91 Å². The quantitative estimate of drug-likeness (QED) is 0.742. The maximum atomic E-state index is 12.3. The molecule has 0 bridgehead atoms. The molecular formula is C20H23N5O. The molecule has 1 aliphatic rings. The van der Waals surface area contributed by atoms with E-state index in [0.717, 1.165) is 48.5 Å². The van der Waals surface area contributed by atoms with Gasteiger partial charge in [0.15, 0.2) is 0 Å². The number of amides is 1. The number of pyridine rings is 1. The molecule has 3 heterocycles. The van der Waals surface area contributed by atoms with Crippen LogP contribution in [0, 0.1) is 12.8 Å². The molecule has 0 spiro atoms. The minimum atomic E-state index is -0.0133. The van der Waals surface area contributed by atoms with Gasteiger partial charge in [-0.25, -0.2) is 4.98 Å². The molecule has 134 valence electrons. The Morgan fingerprint density at radius 1 is 1.35 bits per heavy atom. The molecule has 6 nitrogen and oxygen atoms in total. The smallest absolute Gasteiger partial charge is 0.251 e. The number of aryl methyl sites for hydroxylation is 1. The van der Waals surface area contributed by atoms with E-state index in [1.54, 1.807) is 18.5 Å². The van der Waals surface area contributed by atoms with Crippen LogP contribution in [0.2, 0.25) is 0 Å². The summed E-state index contributed by atoms with van der Waals surface area (Å²) in [6.07, 6.45) is 4.47. The monoisotopic (exact) mass is 349 g/mol. The second-order valence-electron chi connectivity index (χ2n) is 6.99. The number of imidazole rings is 1. The second kappa shape index (κ2) is 7.25. The van der Waals surface area contributed by atoms with Gasteiger partial charge in [-0.2, -0.15) is 0 Å². The van der Waals surface area contributed by atoms with E-state index in [4.69, 9.17) is 0 Å². The first-order chi connectivity index (χ1) is 12.7. The van der Waals surface area contributed by atoms with E-state index in [1.807, 2.05) is 25.1 Å². The summed E-state index contributed by atoms with van der Waals surface area (Å²) in [7, 11) is 0. The molecule has 0 saturated carbocycles. The first-order valence-electron chi connectivity index (χ1n) is 9.04. The molecule has 2 aromatic heterocycles. The van der Waals surface area contributed by atoms with Gasteiger partial charge in [-0.3, -0.25) is 14.7 Å². The van der Waals surface area contributed by atoms with Gasteiger partial charge in [0, 0.05) is 31.0 Å². The Labute approximate surface area is 152 Å². The number of aromatic amines is 1. The Morgan fingerprint density at radius 2 is 2.23 bits per heavy atom. The molecule has 26 heavy (non-hydrogen) atoms. The van der Waals surface area contributed by atoms with E-state index in [2.05, 4.69) is 31.2 Å². The number of carbonyl (C=O) groups excluding carboxylic acids is 1. The third-order valence-corrected chi connectivity index (χ3v) is 5.00. The Kier molecular flexibility index (Phi) is 4.67. The zero-order valence-electron chi connectivity index (χ0n) is 14.9. The predicted molar refractivity (Wildman–Crippen MR) is 101 cm³/mol. The highest BCUT2D eigenvalue weighted by atomic mass is 16.1. The average Bonchev–Trinajstić information content (AvgIpc) is 3.26. The lowest BCUT2D eigenvalue weighted by atomic mass is 10.1. The molecular weight excluding hydrogens is 326 g/mol. The highest BCUT2D eigenvalue weighted by Gasteiger charge is 2.24. The van der Waals surface area contributed by atoms with Gasteiger partial charge in [0.1, 0.15) is 5.82 Å². The van der Waals surface area contributed by atoms with E-state index in [0.29, 0.717) is 18.0 Å². The van der Waals surface area contributed by atoms with Crippen molar-refractivity contribution in [2.75, 3.05) is 19.6 Å². The number of H-pyrrole nitrogens is 1. The molecule has 2 N–H and O–H groups in total. The lowest BCUT2D eigenvalue weighted by Gasteiger charge is -2.15. The van der Waals surface area contributed by atoms with Crippen molar-refractivity contribution < 1.29 is 4.79 Å². The molecule has 1 aromatic carbocycles. The standard InChI is InChI=1S/C20H23N5O/c1-14-10-21-8-6-16(14)20(26)22-11-15-7-9-25(12-15)13-19-23-17-4-2-3-5-18(17)24-19/h2-6,8,10,15H,7,9,11-13H2,1H3,(H,22,26)(H,23,24)/t15-/m0/s1. The highest BCUT2D eigenvalue weighted by molar-refractivity contribution is 5.95. The molecule has 3 aromatic rings. The van der Waals surface area contributed by atoms with Crippen LogP contribution in [0.15, 0.2) is 42.7 Å². The maximum absolute atomic E-state index is 12.3. The van der Waals surface area contributed by atoms with Crippen LogP contribution in [0.3, 0.4) is 0 Å². The Morgan fingerprint density at radius 3 is 3.08 bits per heavy atom. The summed E-state index contributed by atoms with van der Waals surface area (Å²) in [6, 6.07) is 9.87. The maximum Gasteiger partial charge on any atom is 0.251 e. The van der Waals surface area contributed by atoms with Crippen molar-refractivity contribution >= 4 is 16.9 Å². The molecule has 4 rings (SSSR count). The molecule has 1 fully saturated rings. The van der Waals surface area contributed by atoms with Gasteiger partial charge in [0.25, 0.3) is 5.91 Å². The van der Waals surface area contributed by atoms with Crippen LogP contribution in [0.1, 0.15) is 28.2 Å². The van der Waals surface area contributed by atoms with Crippen molar-refractivity contribution in [2.24, 2.45) is 5.92 Å². The third kappa shape index (κ3) is 3.60. The van der Waals surface area contributed by atoms with Crippen molar-refractivity contribution in [3.63, 3.8) is 0 Å². The number of para-hydroxylation sites is 2. The van der Waals surface area contributed by atoms with Crippen molar-refractivity contribution in [3.8, 4) is 0 Å². The number of rotatable bonds is 5. The summed E-state index contributed by atoms with van der Waals surface area (Å²) in [4.78, 5) is 26.8. The number of nitrogens with zero attached hydrogens (tertiary/aromatic N) is 3. The van der Waals surface area contributed by atoms with Crippen LogP contribution in [0.5, 0.6) is 0 Å². The van der Waals surface area contributed by atoms with Crippen molar-refractivity contribution in [1.82, 2.24) is 25.2 Å². The zero-order chi connectivity index (χ0) is 17.9. The SMILES string of the molecule is Cc1cnccc1C(=O)NC[C@@H]1CCN(Cc2nc3ccccc3[nH]2)C1. The molecule has 0 aliphatic carbocycles. The molecule has 0 unspecified atom stereocenters. The number of likely N-dealkylation sites (tertiary alicyclic amines) is 1. The topological polar surface area (TPSA) is 73.9 Å². The highest BCUT2D eigenvalue weighted by Crippen LogP contribution is 2.19. The van der Waals surface area contributed by atoms with Crippen molar-refractivity contribution in [1.29, 1.82) is 0 Å². The molecule has 1 atom stereocenters. The van der Waals surface area contributed by atoms with Crippen molar-refractivity contribution in [3.05, 3.63) is 59.7 Å². The van der Waals surface area contributed by atoms with Gasteiger partial charge < -0.3 is 10.3 Å². The molecule has 1 aliphatic heterocycles. The molecule has 0 radical (unpaired) electrons. The Balaban J connectivity index is 1.30.